The summed E-state index contributed by atoms with van der Waals surface area (Å²) in [6, 6.07) is 0. The van der Waals surface area contributed by atoms with Crippen LogP contribution in [0.3, 0.4) is 0 Å². The molecule has 5 rings (SSSR count). The monoisotopic (exact) mass is 246 g/mol. The Morgan fingerprint density at radius 2 is 1.00 bits per heavy atom. The van der Waals surface area contributed by atoms with Crippen LogP contribution in [0.25, 0.3) is 33.5 Å². The summed E-state index contributed by atoms with van der Waals surface area (Å²) in [4.78, 5) is 0. The summed E-state index contributed by atoms with van der Waals surface area (Å²) in [6.07, 6.45) is 0. The van der Waals surface area contributed by atoms with Crippen LogP contribution in [-0.2, 0) is 0 Å². The van der Waals surface area contributed by atoms with Crippen molar-refractivity contribution in [1.29, 1.82) is 0 Å². The average Bonchev–Trinajstić information content (AvgIpc) is 2.88. The molecule has 4 heterocycles. The summed E-state index contributed by atoms with van der Waals surface area (Å²) < 4.78 is 36.7. The molecule has 0 aliphatic carbocycles. The lowest BCUT2D eigenvalue weighted by molar-refractivity contribution is 0.109. The van der Waals surface area contributed by atoms with Gasteiger partial charge >= 0.3 is 16.1 Å². The molecule has 0 aliphatic rings. The molecule has 0 saturated heterocycles. The first-order valence-corrected chi connectivity index (χ1v) is 6.18. The van der Waals surface area contributed by atoms with Gasteiger partial charge in [-0.1, -0.05) is 0 Å². The second-order valence-corrected chi connectivity index (χ2v) is 4.99. The second-order valence-electron chi connectivity index (χ2n) is 3.04. The van der Waals surface area contributed by atoms with E-state index in [2.05, 4.69) is 0 Å². The number of fused-ring (bicyclic) bond motifs is 4. The average molecular weight is 246 g/mol. The highest BCUT2D eigenvalue weighted by Gasteiger charge is 2.29. The standard InChI is InChI=1S/C6O7P2/c7-1-2-4-6(10-14(8-2)9-4)5-3(1)11-15(12-5)13-7. The number of benzene rings is 1. The van der Waals surface area contributed by atoms with E-state index in [-0.39, 0.29) is 0 Å². The summed E-state index contributed by atoms with van der Waals surface area (Å²) in [5, 5.41) is 0. The molecule has 5 aromatic rings. The van der Waals surface area contributed by atoms with Gasteiger partial charge < -0.3 is 21.0 Å². The van der Waals surface area contributed by atoms with Gasteiger partial charge in [0.1, 0.15) is 0 Å². The summed E-state index contributed by atoms with van der Waals surface area (Å²) in [7, 11) is -2.87. The lowest BCUT2D eigenvalue weighted by Crippen LogP contribution is -1.73. The molecular weight excluding hydrogens is 246 g/mol. The quantitative estimate of drug-likeness (QED) is 0.369. The van der Waals surface area contributed by atoms with Crippen LogP contribution >= 0.6 is 16.1 Å². The normalized spacial score (nSPS) is 15.7. The highest BCUT2D eigenvalue weighted by atomic mass is 31.1. The Labute approximate surface area is 80.3 Å². The maximum absolute atomic E-state index is 5.37. The molecule has 2 unspecified atom stereocenters. The molecule has 2 atom stereocenters. The Morgan fingerprint density at radius 1 is 0.533 bits per heavy atom. The molecule has 9 heteroatoms. The molecular formula is C6O7P2. The van der Waals surface area contributed by atoms with Crippen molar-refractivity contribution in [3.63, 3.8) is 0 Å². The number of hydrogen-bond donors (Lipinski definition) is 0. The number of rotatable bonds is 0. The van der Waals surface area contributed by atoms with Gasteiger partial charge in [0.2, 0.25) is 27.9 Å². The molecule has 0 aliphatic heterocycles. The first kappa shape index (κ1) is 6.82. The molecule has 4 bridgehead atoms. The molecule has 0 radical (unpaired) electrons. The third kappa shape index (κ3) is 0.600. The summed E-state index contributed by atoms with van der Waals surface area (Å²) in [6.45, 7) is 0. The van der Waals surface area contributed by atoms with Crippen molar-refractivity contribution in [3.8, 4) is 0 Å². The van der Waals surface area contributed by atoms with E-state index in [0.717, 1.165) is 0 Å². The first-order valence-electron chi connectivity index (χ1n) is 3.99. The molecule has 76 valence electrons. The third-order valence-electron chi connectivity index (χ3n) is 2.25. The Kier molecular flexibility index (Phi) is 0.851. The van der Waals surface area contributed by atoms with Crippen LogP contribution in [-0.4, -0.2) is 0 Å². The van der Waals surface area contributed by atoms with Gasteiger partial charge in [0, 0.05) is 0 Å². The molecule has 0 amide bonds. The van der Waals surface area contributed by atoms with Crippen molar-refractivity contribution in [3.05, 3.63) is 0 Å². The van der Waals surface area contributed by atoms with Crippen molar-refractivity contribution in [1.82, 2.24) is 0 Å². The van der Waals surface area contributed by atoms with Gasteiger partial charge in [-0.15, -0.1) is 0 Å². The van der Waals surface area contributed by atoms with E-state index < -0.39 is 16.1 Å². The van der Waals surface area contributed by atoms with Gasteiger partial charge in [0.15, 0.2) is 0 Å². The lowest BCUT2D eigenvalue weighted by Gasteiger charge is -1.90. The minimum atomic E-state index is -1.50. The van der Waals surface area contributed by atoms with Crippen molar-refractivity contribution in [2.24, 2.45) is 0 Å². The maximum Gasteiger partial charge on any atom is 0.491 e. The van der Waals surface area contributed by atoms with Crippen LogP contribution in [0.5, 0.6) is 0 Å². The SMILES string of the molecule is o1op2oc3c1c1op4oc(c3o2)c1o4. The smallest absolute Gasteiger partial charge is 0.382 e. The van der Waals surface area contributed by atoms with Crippen LogP contribution in [0.1, 0.15) is 0 Å². The van der Waals surface area contributed by atoms with Crippen molar-refractivity contribution >= 4 is 49.6 Å². The Balaban J connectivity index is 2.44. The maximum atomic E-state index is 5.37. The van der Waals surface area contributed by atoms with Crippen molar-refractivity contribution in [2.75, 3.05) is 0 Å². The fraction of sp³-hybridized carbons (Fsp3) is 0. The molecule has 1 aromatic carbocycles. The number of hydrogen-bond acceptors (Lipinski definition) is 7. The van der Waals surface area contributed by atoms with Gasteiger partial charge in [0.05, 0.1) is 0 Å². The Hall–Kier alpha value is -1.58. The zero-order valence-electron chi connectivity index (χ0n) is 6.75. The minimum Gasteiger partial charge on any atom is -0.382 e. The molecule has 0 fully saturated rings. The molecule has 4 aromatic heterocycles. The van der Waals surface area contributed by atoms with E-state index in [0.29, 0.717) is 33.5 Å². The van der Waals surface area contributed by atoms with Gasteiger partial charge in [0.25, 0.3) is 5.58 Å². The third-order valence-corrected chi connectivity index (χ3v) is 4.10. The highest BCUT2D eigenvalue weighted by molar-refractivity contribution is 7.27. The van der Waals surface area contributed by atoms with Crippen LogP contribution in [0.4, 0.5) is 0 Å². The van der Waals surface area contributed by atoms with E-state index >= 15 is 0 Å². The largest absolute Gasteiger partial charge is 0.491 e. The van der Waals surface area contributed by atoms with Crippen molar-refractivity contribution in [2.45, 2.75) is 0 Å². The predicted molar refractivity (Wildman–Crippen MR) is 47.5 cm³/mol. The van der Waals surface area contributed by atoms with Gasteiger partial charge in [-0.25, -0.2) is 4.36 Å². The van der Waals surface area contributed by atoms with E-state index in [9.17, 15) is 0 Å². The van der Waals surface area contributed by atoms with E-state index in [4.69, 9.17) is 29.9 Å². The van der Waals surface area contributed by atoms with Crippen LogP contribution in [0.15, 0.2) is 29.9 Å². The zero-order valence-corrected chi connectivity index (χ0v) is 8.54. The summed E-state index contributed by atoms with van der Waals surface area (Å²) in [5.74, 6) is 0. The van der Waals surface area contributed by atoms with Gasteiger partial charge in [-0.3, -0.25) is 4.58 Å². The van der Waals surface area contributed by atoms with E-state index in [1.54, 1.807) is 0 Å². The Bertz CT molecular complexity index is 846. The molecule has 0 spiro atoms. The Morgan fingerprint density at radius 3 is 1.53 bits per heavy atom. The van der Waals surface area contributed by atoms with Crippen LogP contribution in [0, 0.1) is 0 Å². The fourth-order valence-corrected chi connectivity index (χ4v) is 3.57. The lowest BCUT2D eigenvalue weighted by atomic mass is 10.3. The predicted octanol–water partition coefficient (Wildman–Crippen LogP) is 4.58. The fourth-order valence-electron chi connectivity index (χ4n) is 1.65. The zero-order chi connectivity index (χ0) is 9.57. The topological polar surface area (TPSA) is 92.0 Å². The van der Waals surface area contributed by atoms with E-state index in [1.165, 1.54) is 0 Å². The highest BCUT2D eigenvalue weighted by Crippen LogP contribution is 2.50. The molecule has 15 heavy (non-hydrogen) atoms. The van der Waals surface area contributed by atoms with E-state index in [1.807, 2.05) is 0 Å². The summed E-state index contributed by atoms with van der Waals surface area (Å²) in [5.41, 5.74) is 2.84. The minimum absolute atomic E-state index is 0.369. The molecule has 7 nitrogen and oxygen atoms in total. The summed E-state index contributed by atoms with van der Waals surface area (Å²) >= 11 is 0. The van der Waals surface area contributed by atoms with Gasteiger partial charge in [-0.2, -0.15) is 0 Å². The molecule has 0 N–H and O–H groups in total. The second kappa shape index (κ2) is 1.87. The van der Waals surface area contributed by atoms with Crippen LogP contribution < -0.4 is 0 Å². The van der Waals surface area contributed by atoms with Crippen LogP contribution in [0.2, 0.25) is 0 Å². The van der Waals surface area contributed by atoms with Crippen molar-refractivity contribution < 1.29 is 29.9 Å². The molecule has 0 saturated carbocycles. The first-order chi connectivity index (χ1) is 7.40. The van der Waals surface area contributed by atoms with Gasteiger partial charge in [-0.05, 0) is 0 Å².